The number of aliphatic hydroxyl groups excluding tert-OH is 1. The quantitative estimate of drug-likeness (QED) is 0.336. The number of ketones is 1. The lowest BCUT2D eigenvalue weighted by Gasteiger charge is -2.38. The molecule has 0 saturated heterocycles. The van der Waals surface area contributed by atoms with E-state index in [1.165, 1.54) is 0 Å². The molecule has 0 rings (SSSR count). The number of Topliss-reactive ketones (excluding diaryl/α,β-unsaturated/α-hetero) is 1. The first-order valence-corrected chi connectivity index (χ1v) is 10.2. The normalized spacial score (nSPS) is 17.0. The highest BCUT2D eigenvalue weighted by atomic mass is 28.4. The third kappa shape index (κ3) is 5.43. The number of azide groups is 1. The molecular weight excluding hydrogens is 286 g/mol. The number of aliphatic hydroxyl groups is 1. The monoisotopic (exact) mass is 315 g/mol. The number of hydrogen-bond acceptors (Lipinski definition) is 4. The molecule has 6 nitrogen and oxygen atoms in total. The van der Waals surface area contributed by atoms with E-state index in [1.54, 1.807) is 20.8 Å². The van der Waals surface area contributed by atoms with Gasteiger partial charge in [-0.3, -0.25) is 4.79 Å². The van der Waals surface area contributed by atoms with Crippen molar-refractivity contribution >= 4 is 14.1 Å². The van der Waals surface area contributed by atoms with Crippen molar-refractivity contribution in [3.63, 3.8) is 0 Å². The van der Waals surface area contributed by atoms with E-state index in [4.69, 9.17) is 9.96 Å². The van der Waals surface area contributed by atoms with Crippen molar-refractivity contribution in [2.45, 2.75) is 77.9 Å². The van der Waals surface area contributed by atoms with Gasteiger partial charge >= 0.3 is 0 Å². The second-order valence-corrected chi connectivity index (χ2v) is 12.1. The van der Waals surface area contributed by atoms with Gasteiger partial charge in [-0.25, -0.2) is 0 Å². The molecule has 0 fully saturated rings. The van der Waals surface area contributed by atoms with Gasteiger partial charge in [0.2, 0.25) is 0 Å². The molecule has 7 heteroatoms. The van der Waals surface area contributed by atoms with Crippen LogP contribution in [0.3, 0.4) is 0 Å². The molecule has 1 N–H and O–H groups in total. The highest BCUT2D eigenvalue weighted by Gasteiger charge is 2.41. The predicted molar refractivity (Wildman–Crippen MR) is 86.5 cm³/mol. The molecule has 0 spiro atoms. The fraction of sp³-hybridized carbons (Fsp3) is 0.929. The minimum absolute atomic E-state index is 0.0216. The van der Waals surface area contributed by atoms with Crippen molar-refractivity contribution in [1.29, 1.82) is 0 Å². The van der Waals surface area contributed by atoms with E-state index in [2.05, 4.69) is 43.9 Å². The zero-order chi connectivity index (χ0) is 17.0. The second-order valence-electron chi connectivity index (χ2n) is 7.31. The van der Waals surface area contributed by atoms with Crippen LogP contribution in [0.1, 0.15) is 41.5 Å². The maximum Gasteiger partial charge on any atom is 0.193 e. The predicted octanol–water partition coefficient (Wildman–Crippen LogP) is 3.66. The largest absolute Gasteiger partial charge is 0.407 e. The minimum atomic E-state index is -2.10. The molecule has 0 amide bonds. The molecule has 0 saturated carbocycles. The molecule has 122 valence electrons. The van der Waals surface area contributed by atoms with E-state index in [-0.39, 0.29) is 16.7 Å². The van der Waals surface area contributed by atoms with Crippen LogP contribution in [0.5, 0.6) is 0 Å². The summed E-state index contributed by atoms with van der Waals surface area (Å²) in [7, 11) is -2.10. The molecular formula is C14H29N3O3Si. The van der Waals surface area contributed by atoms with E-state index in [0.29, 0.717) is 0 Å². The van der Waals surface area contributed by atoms with Crippen molar-refractivity contribution in [2.75, 3.05) is 0 Å². The van der Waals surface area contributed by atoms with Crippen LogP contribution in [-0.2, 0) is 9.22 Å². The van der Waals surface area contributed by atoms with Gasteiger partial charge in [0.1, 0.15) is 12.1 Å². The first-order chi connectivity index (χ1) is 9.35. The van der Waals surface area contributed by atoms with E-state index >= 15 is 0 Å². The van der Waals surface area contributed by atoms with E-state index in [1.807, 2.05) is 0 Å². The topological polar surface area (TPSA) is 95.3 Å². The van der Waals surface area contributed by atoms with Gasteiger partial charge in [-0.1, -0.05) is 39.7 Å². The Labute approximate surface area is 128 Å². The van der Waals surface area contributed by atoms with Gasteiger partial charge in [-0.05, 0) is 36.5 Å². The molecule has 21 heavy (non-hydrogen) atoms. The molecule has 0 radical (unpaired) electrons. The molecule has 0 heterocycles. The summed E-state index contributed by atoms with van der Waals surface area (Å²) in [5.41, 5.74) is 8.62. The molecule has 0 aliphatic rings. The van der Waals surface area contributed by atoms with Crippen molar-refractivity contribution < 1.29 is 14.3 Å². The lowest BCUT2D eigenvalue weighted by Crippen LogP contribution is -2.49. The number of hydrogen-bond donors (Lipinski definition) is 1. The van der Waals surface area contributed by atoms with Gasteiger partial charge < -0.3 is 9.53 Å². The highest BCUT2D eigenvalue weighted by molar-refractivity contribution is 6.74. The first kappa shape index (κ1) is 20.1. The molecule has 3 atom stereocenters. The summed E-state index contributed by atoms with van der Waals surface area (Å²) in [6.45, 7) is 15.6. The van der Waals surface area contributed by atoms with Crippen molar-refractivity contribution in [2.24, 2.45) is 11.0 Å². The van der Waals surface area contributed by atoms with E-state index < -0.39 is 26.6 Å². The lowest BCUT2D eigenvalue weighted by atomic mass is 9.95. The van der Waals surface area contributed by atoms with Gasteiger partial charge in [-0.2, -0.15) is 0 Å². The maximum absolute atomic E-state index is 12.5. The van der Waals surface area contributed by atoms with E-state index in [0.717, 1.165) is 0 Å². The Bertz CT molecular complexity index is 412. The number of nitrogens with zero attached hydrogens (tertiary/aromatic N) is 3. The highest BCUT2D eigenvalue weighted by Crippen LogP contribution is 2.37. The van der Waals surface area contributed by atoms with Crippen LogP contribution in [0.4, 0.5) is 0 Å². The zero-order valence-electron chi connectivity index (χ0n) is 14.4. The van der Waals surface area contributed by atoms with Crippen LogP contribution in [0, 0.1) is 5.92 Å². The first-order valence-electron chi connectivity index (χ1n) is 7.29. The van der Waals surface area contributed by atoms with Crippen LogP contribution in [0.2, 0.25) is 18.1 Å². The summed E-state index contributed by atoms with van der Waals surface area (Å²) in [5.74, 6) is -0.539. The van der Waals surface area contributed by atoms with E-state index in [9.17, 15) is 9.90 Å². The molecule has 0 bridgehead atoms. The Morgan fingerprint density at radius 1 is 1.29 bits per heavy atom. The van der Waals surface area contributed by atoms with Crippen molar-refractivity contribution in [3.8, 4) is 0 Å². The second kappa shape index (κ2) is 7.40. The van der Waals surface area contributed by atoms with Crippen molar-refractivity contribution in [1.82, 2.24) is 0 Å². The average Bonchev–Trinajstić information content (AvgIpc) is 2.32. The van der Waals surface area contributed by atoms with Crippen LogP contribution in [0.15, 0.2) is 5.11 Å². The molecule has 0 aromatic carbocycles. The number of carbonyl (C=O) groups excluding carboxylic acids is 1. The third-order valence-corrected chi connectivity index (χ3v) is 8.71. The summed E-state index contributed by atoms with van der Waals surface area (Å²) < 4.78 is 6.02. The van der Waals surface area contributed by atoms with Gasteiger partial charge in [0.05, 0.1) is 6.10 Å². The average molecular weight is 315 g/mol. The SMILES string of the molecule is CC(C)[C@H](O)[C@H](N=[N+]=[N-])C(=O)[C@H](C)O[Si](C)(C)C(C)(C)C. The molecule has 0 aliphatic heterocycles. The molecule has 0 aliphatic carbocycles. The Kier molecular flexibility index (Phi) is 7.09. The third-order valence-electron chi connectivity index (χ3n) is 4.15. The maximum atomic E-state index is 12.5. The Balaban J connectivity index is 5.16. The smallest absolute Gasteiger partial charge is 0.193 e. The molecule has 0 unspecified atom stereocenters. The summed E-state index contributed by atoms with van der Waals surface area (Å²) in [5, 5.41) is 13.5. The standard InChI is InChI=1S/C14H29N3O3Si/c1-9(2)12(18)11(16-17-15)13(19)10(3)20-21(7,8)14(4,5)6/h9-12,18H,1-8H3/t10-,11-,12-/m0/s1. The number of carbonyl (C=O) groups is 1. The van der Waals surface area contributed by atoms with Gasteiger partial charge in [-0.15, -0.1) is 0 Å². The minimum Gasteiger partial charge on any atom is -0.407 e. The number of rotatable bonds is 7. The summed E-state index contributed by atoms with van der Waals surface area (Å²) in [6, 6.07) is -1.10. The zero-order valence-corrected chi connectivity index (χ0v) is 15.4. The summed E-state index contributed by atoms with van der Waals surface area (Å²) in [4.78, 5) is 15.1. The van der Waals surface area contributed by atoms with Crippen LogP contribution >= 0.6 is 0 Å². The summed E-state index contributed by atoms with van der Waals surface area (Å²) in [6.07, 6.45) is -1.70. The molecule has 0 aromatic rings. The van der Waals surface area contributed by atoms with Crippen LogP contribution in [0.25, 0.3) is 10.4 Å². The summed E-state index contributed by atoms with van der Waals surface area (Å²) >= 11 is 0. The Morgan fingerprint density at radius 3 is 2.10 bits per heavy atom. The van der Waals surface area contributed by atoms with Gasteiger partial charge in [0.25, 0.3) is 0 Å². The fourth-order valence-corrected chi connectivity index (χ4v) is 2.98. The lowest BCUT2D eigenvalue weighted by molar-refractivity contribution is -0.130. The van der Waals surface area contributed by atoms with Gasteiger partial charge in [0, 0.05) is 4.91 Å². The molecule has 0 aromatic heterocycles. The Morgan fingerprint density at radius 2 is 1.76 bits per heavy atom. The fourth-order valence-electron chi connectivity index (χ4n) is 1.63. The van der Waals surface area contributed by atoms with Crippen LogP contribution < -0.4 is 0 Å². The van der Waals surface area contributed by atoms with Crippen molar-refractivity contribution in [3.05, 3.63) is 10.4 Å². The van der Waals surface area contributed by atoms with Crippen LogP contribution in [-0.4, -0.2) is 37.5 Å². The van der Waals surface area contributed by atoms with Gasteiger partial charge in [0.15, 0.2) is 14.1 Å². The Hall–Kier alpha value is -0.883.